The number of carbonyl (C=O) groups is 2. The Morgan fingerprint density at radius 1 is 1.41 bits per heavy atom. The molecule has 1 aliphatic rings. The highest BCUT2D eigenvalue weighted by Gasteiger charge is 2.36. The summed E-state index contributed by atoms with van der Waals surface area (Å²) in [6, 6.07) is 4.58. The molecule has 7 heteroatoms. The van der Waals surface area contributed by atoms with E-state index in [-0.39, 0.29) is 18.9 Å². The molecule has 1 amide bonds. The van der Waals surface area contributed by atoms with Crippen LogP contribution in [0.1, 0.15) is 32.3 Å². The summed E-state index contributed by atoms with van der Waals surface area (Å²) < 4.78 is 0. The van der Waals surface area contributed by atoms with Gasteiger partial charge in [-0.05, 0) is 24.6 Å². The minimum atomic E-state index is -0.996. The molecule has 3 N–H and O–H groups in total. The molecule has 2 rings (SSSR count). The van der Waals surface area contributed by atoms with Gasteiger partial charge in [-0.2, -0.15) is 0 Å². The molecule has 1 saturated heterocycles. The summed E-state index contributed by atoms with van der Waals surface area (Å²) in [5, 5.41) is 9.93. The topological polar surface area (TPSA) is 83.6 Å². The van der Waals surface area contributed by atoms with E-state index in [9.17, 15) is 9.59 Å². The van der Waals surface area contributed by atoms with Crippen molar-refractivity contribution in [3.63, 3.8) is 0 Å². The first-order valence-corrected chi connectivity index (χ1v) is 7.70. The Morgan fingerprint density at radius 2 is 1.91 bits per heavy atom. The molecule has 1 atom stereocenters. The summed E-state index contributed by atoms with van der Waals surface area (Å²) in [5.74, 6) is -1.18. The monoisotopic (exact) mass is 346 g/mol. The maximum absolute atomic E-state index is 11.7. The van der Waals surface area contributed by atoms with Crippen LogP contribution in [0.5, 0.6) is 0 Å². The molecule has 0 bridgehead atoms. The predicted molar refractivity (Wildman–Crippen MR) is 87.0 cm³/mol. The largest absolute Gasteiger partial charge is 0.480 e. The Kier molecular flexibility index (Phi) is 7.13. The zero-order valence-corrected chi connectivity index (χ0v) is 14.1. The molecule has 0 radical (unpaired) electrons. The number of carboxylic acids is 1. The van der Waals surface area contributed by atoms with Gasteiger partial charge < -0.3 is 15.7 Å². The number of carboxylic acid groups (broad SMARTS) is 1. The van der Waals surface area contributed by atoms with Gasteiger partial charge in [0.1, 0.15) is 6.04 Å². The van der Waals surface area contributed by atoms with Crippen LogP contribution in [0.25, 0.3) is 0 Å². The molecule has 0 spiro atoms. The van der Waals surface area contributed by atoms with E-state index >= 15 is 0 Å². The van der Waals surface area contributed by atoms with Gasteiger partial charge in [-0.3, -0.25) is 4.79 Å². The molecular weight excluding hydrogens is 327 g/mol. The summed E-state index contributed by atoms with van der Waals surface area (Å²) in [6.07, 6.45) is 0.579. The third kappa shape index (κ3) is 5.16. The van der Waals surface area contributed by atoms with E-state index in [1.807, 2.05) is 13.8 Å². The van der Waals surface area contributed by atoms with Gasteiger partial charge in [-0.25, -0.2) is 4.79 Å². The highest BCUT2D eigenvalue weighted by molar-refractivity contribution is 6.36. The van der Waals surface area contributed by atoms with Gasteiger partial charge in [0.05, 0.1) is 0 Å². The number of halogens is 2. The molecule has 122 valence electrons. The Balaban J connectivity index is 0.000000541. The molecule has 1 aromatic rings. The van der Waals surface area contributed by atoms with Crippen molar-refractivity contribution in [1.82, 2.24) is 4.90 Å². The fourth-order valence-corrected chi connectivity index (χ4v) is 2.56. The van der Waals surface area contributed by atoms with Crippen molar-refractivity contribution in [2.45, 2.75) is 45.3 Å². The van der Waals surface area contributed by atoms with E-state index in [4.69, 9.17) is 34.0 Å². The second kappa shape index (κ2) is 8.36. The fraction of sp³-hybridized carbons (Fsp3) is 0.467. The van der Waals surface area contributed by atoms with Crippen LogP contribution in [0.15, 0.2) is 18.2 Å². The lowest BCUT2D eigenvalue weighted by Gasteiger charge is -2.22. The summed E-state index contributed by atoms with van der Waals surface area (Å²) in [4.78, 5) is 24.1. The summed E-state index contributed by atoms with van der Waals surface area (Å²) >= 11 is 12.0. The Labute approximate surface area is 140 Å². The summed E-state index contributed by atoms with van der Waals surface area (Å²) in [7, 11) is 0. The lowest BCUT2D eigenvalue weighted by atomic mass is 10.2. The maximum atomic E-state index is 11.7. The quantitative estimate of drug-likeness (QED) is 0.881. The van der Waals surface area contributed by atoms with Crippen molar-refractivity contribution in [2.75, 3.05) is 0 Å². The molecule has 5 nitrogen and oxygen atoms in total. The average molecular weight is 347 g/mol. The van der Waals surface area contributed by atoms with Crippen LogP contribution < -0.4 is 5.73 Å². The Bertz CT molecular complexity index is 527. The number of aliphatic carboxylic acids is 1. The first-order chi connectivity index (χ1) is 10.2. The van der Waals surface area contributed by atoms with Crippen molar-refractivity contribution in [1.29, 1.82) is 0 Å². The van der Waals surface area contributed by atoms with Crippen LogP contribution in [0.3, 0.4) is 0 Å². The molecule has 22 heavy (non-hydrogen) atoms. The molecule has 0 unspecified atom stereocenters. The second-order valence-corrected chi connectivity index (χ2v) is 6.17. The number of nitrogens with zero attached hydrogens (tertiary/aromatic N) is 1. The van der Waals surface area contributed by atoms with Gasteiger partial charge >= 0.3 is 5.97 Å². The number of hydrogen-bond donors (Lipinski definition) is 2. The van der Waals surface area contributed by atoms with E-state index in [1.165, 1.54) is 4.90 Å². The highest BCUT2D eigenvalue weighted by atomic mass is 35.5. The first-order valence-electron chi connectivity index (χ1n) is 6.94. The van der Waals surface area contributed by atoms with E-state index < -0.39 is 12.0 Å². The van der Waals surface area contributed by atoms with Crippen molar-refractivity contribution in [2.24, 2.45) is 5.73 Å². The zero-order chi connectivity index (χ0) is 16.9. The van der Waals surface area contributed by atoms with E-state index in [0.29, 0.717) is 28.1 Å². The van der Waals surface area contributed by atoms with Crippen molar-refractivity contribution < 1.29 is 14.7 Å². The van der Waals surface area contributed by atoms with E-state index in [2.05, 4.69) is 0 Å². The van der Waals surface area contributed by atoms with Gasteiger partial charge in [0.25, 0.3) is 0 Å². The molecule has 0 aliphatic carbocycles. The van der Waals surface area contributed by atoms with Crippen LogP contribution in [-0.4, -0.2) is 34.0 Å². The minimum Gasteiger partial charge on any atom is -0.480 e. The maximum Gasteiger partial charge on any atom is 0.326 e. The second-order valence-electron chi connectivity index (χ2n) is 5.36. The molecule has 0 saturated carbocycles. The normalized spacial score (nSPS) is 17.5. The van der Waals surface area contributed by atoms with Crippen LogP contribution in [0.2, 0.25) is 10.0 Å². The van der Waals surface area contributed by atoms with E-state index in [0.717, 1.165) is 0 Å². The molecule has 0 aromatic heterocycles. The average Bonchev–Trinajstić information content (AvgIpc) is 2.75. The van der Waals surface area contributed by atoms with Crippen LogP contribution in [-0.2, 0) is 16.1 Å². The molecule has 1 heterocycles. The Morgan fingerprint density at radius 3 is 2.36 bits per heavy atom. The van der Waals surface area contributed by atoms with Gasteiger partial charge in [0, 0.05) is 28.6 Å². The number of rotatable bonds is 3. The number of nitrogens with two attached hydrogens (primary N) is 1. The fourth-order valence-electron chi connectivity index (χ4n) is 2.04. The third-order valence-corrected chi connectivity index (χ3v) is 3.71. The number of carbonyl (C=O) groups excluding carboxylic acids is 1. The van der Waals surface area contributed by atoms with Crippen LogP contribution >= 0.6 is 23.2 Å². The van der Waals surface area contributed by atoms with Crippen LogP contribution in [0.4, 0.5) is 0 Å². The number of amides is 1. The highest BCUT2D eigenvalue weighted by Crippen LogP contribution is 2.29. The number of benzene rings is 1. The standard InChI is InChI=1S/C12H11Cl2NO3.C3H9N/c13-8-2-1-3-9(14)7(8)6-15-10(12(17)18)4-5-11(15)16;1-3(2)4/h1-3,10H,4-6H2,(H,17,18);3H,4H2,1-2H3/t10-;/m0./s1. The van der Waals surface area contributed by atoms with Gasteiger partial charge in [0.15, 0.2) is 0 Å². The van der Waals surface area contributed by atoms with Crippen molar-refractivity contribution in [3.8, 4) is 0 Å². The SMILES string of the molecule is CC(C)N.O=C(O)[C@@H]1CCC(=O)N1Cc1c(Cl)cccc1Cl. The van der Waals surface area contributed by atoms with Gasteiger partial charge in [-0.1, -0.05) is 43.1 Å². The Hall–Kier alpha value is -1.30. The molecule has 1 aliphatic heterocycles. The number of hydrogen-bond acceptors (Lipinski definition) is 3. The van der Waals surface area contributed by atoms with Crippen molar-refractivity contribution >= 4 is 35.1 Å². The van der Waals surface area contributed by atoms with Crippen molar-refractivity contribution in [3.05, 3.63) is 33.8 Å². The third-order valence-electron chi connectivity index (χ3n) is 3.00. The lowest BCUT2D eigenvalue weighted by Crippen LogP contribution is -2.38. The van der Waals surface area contributed by atoms with Crippen LogP contribution in [0, 0.1) is 0 Å². The molecule has 1 aromatic carbocycles. The molecule has 1 fully saturated rings. The van der Waals surface area contributed by atoms with Gasteiger partial charge in [-0.15, -0.1) is 0 Å². The first kappa shape index (κ1) is 18.7. The number of likely N-dealkylation sites (tertiary alicyclic amines) is 1. The minimum absolute atomic E-state index is 0.133. The zero-order valence-electron chi connectivity index (χ0n) is 12.6. The lowest BCUT2D eigenvalue weighted by molar-refractivity contribution is -0.146. The summed E-state index contributed by atoms with van der Waals surface area (Å²) in [5.41, 5.74) is 5.70. The molecular formula is C15H20Cl2N2O3. The predicted octanol–water partition coefficient (Wildman–Crippen LogP) is 2.92. The van der Waals surface area contributed by atoms with Gasteiger partial charge in [0.2, 0.25) is 5.91 Å². The smallest absolute Gasteiger partial charge is 0.326 e. The summed E-state index contributed by atoms with van der Waals surface area (Å²) in [6.45, 7) is 4.02. The van der Waals surface area contributed by atoms with E-state index in [1.54, 1.807) is 18.2 Å².